The van der Waals surface area contributed by atoms with E-state index in [-0.39, 0.29) is 18.9 Å². The first-order valence-corrected chi connectivity index (χ1v) is 7.17. The number of rotatable bonds is 5. The first kappa shape index (κ1) is 14.7. The highest BCUT2D eigenvalue weighted by atomic mass is 32.1. The molecule has 0 unspecified atom stereocenters. The summed E-state index contributed by atoms with van der Waals surface area (Å²) in [5, 5.41) is 14.2. The van der Waals surface area contributed by atoms with Gasteiger partial charge >= 0.3 is 5.97 Å². The Hall–Kier alpha value is -1.67. The fourth-order valence-corrected chi connectivity index (χ4v) is 2.69. The molecular formula is C12H17N3O4S. The van der Waals surface area contributed by atoms with E-state index in [4.69, 9.17) is 10.5 Å². The fraction of sp³-hybridized carbons (Fsp3) is 0.583. The van der Waals surface area contributed by atoms with Crippen molar-refractivity contribution in [3.63, 3.8) is 0 Å². The highest BCUT2D eigenvalue weighted by molar-refractivity contribution is 7.13. The summed E-state index contributed by atoms with van der Waals surface area (Å²) < 4.78 is 5.18. The molecular weight excluding hydrogens is 282 g/mol. The zero-order valence-electron chi connectivity index (χ0n) is 10.9. The van der Waals surface area contributed by atoms with Crippen LogP contribution in [0.2, 0.25) is 0 Å². The van der Waals surface area contributed by atoms with Crippen molar-refractivity contribution in [2.75, 3.05) is 25.5 Å². The number of carbonyl (C=O) groups is 2. The molecule has 0 saturated carbocycles. The Labute approximate surface area is 120 Å². The average Bonchev–Trinajstić information content (AvgIpc) is 2.83. The highest BCUT2D eigenvalue weighted by Gasteiger charge is 2.40. The average molecular weight is 299 g/mol. The molecule has 0 bridgehead atoms. The fourth-order valence-electron chi connectivity index (χ4n) is 2.13. The molecule has 1 fully saturated rings. The molecule has 2 heterocycles. The lowest BCUT2D eigenvalue weighted by Gasteiger charge is -2.33. The van der Waals surface area contributed by atoms with Crippen molar-refractivity contribution in [3.05, 3.63) is 11.1 Å². The number of aromatic nitrogens is 1. The van der Waals surface area contributed by atoms with Gasteiger partial charge in [-0.2, -0.15) is 0 Å². The van der Waals surface area contributed by atoms with E-state index in [0.717, 1.165) is 0 Å². The van der Waals surface area contributed by atoms with Gasteiger partial charge < -0.3 is 20.9 Å². The quantitative estimate of drug-likeness (QED) is 0.718. The molecule has 4 N–H and O–H groups in total. The molecule has 7 nitrogen and oxygen atoms in total. The third-order valence-corrected chi connectivity index (χ3v) is 4.16. The van der Waals surface area contributed by atoms with E-state index in [0.29, 0.717) is 36.9 Å². The highest BCUT2D eigenvalue weighted by Crippen LogP contribution is 2.30. The smallest absolute Gasteiger partial charge is 0.311 e. The Kier molecular flexibility index (Phi) is 4.56. The lowest BCUT2D eigenvalue weighted by molar-refractivity contribution is -0.154. The summed E-state index contributed by atoms with van der Waals surface area (Å²) in [6.45, 7) is 0.930. The van der Waals surface area contributed by atoms with Crippen LogP contribution in [0.15, 0.2) is 5.38 Å². The van der Waals surface area contributed by atoms with Gasteiger partial charge in [-0.1, -0.05) is 0 Å². The number of thiazole rings is 1. The maximum Gasteiger partial charge on any atom is 0.311 e. The number of nitrogens with zero attached hydrogens (tertiary/aromatic N) is 1. The number of nitrogen functional groups attached to an aromatic ring is 1. The number of nitrogens with two attached hydrogens (primary N) is 1. The number of carbonyl (C=O) groups excluding carboxylic acids is 1. The lowest BCUT2D eigenvalue weighted by atomic mass is 9.80. The monoisotopic (exact) mass is 299 g/mol. The van der Waals surface area contributed by atoms with Crippen LogP contribution < -0.4 is 11.1 Å². The summed E-state index contributed by atoms with van der Waals surface area (Å²) >= 11 is 1.27. The lowest BCUT2D eigenvalue weighted by Crippen LogP contribution is -2.46. The van der Waals surface area contributed by atoms with Gasteiger partial charge in [0.1, 0.15) is 0 Å². The minimum atomic E-state index is -0.922. The molecule has 1 aromatic heterocycles. The molecule has 0 atom stereocenters. The van der Waals surface area contributed by atoms with Crippen molar-refractivity contribution >= 4 is 28.3 Å². The molecule has 1 aliphatic rings. The molecule has 1 aliphatic heterocycles. The Bertz CT molecular complexity index is 497. The Morgan fingerprint density at radius 3 is 2.75 bits per heavy atom. The normalized spacial score (nSPS) is 17.6. The maximum absolute atomic E-state index is 11.8. The standard InChI is InChI=1S/C12H17N3O4S/c13-11-15-8(6-20-11)5-9(16)14-7-12(10(17)18)1-3-19-4-2-12/h6H,1-5,7H2,(H2,13,15)(H,14,16)(H,17,18). The van der Waals surface area contributed by atoms with Gasteiger partial charge in [-0.25, -0.2) is 4.98 Å². The van der Waals surface area contributed by atoms with Gasteiger partial charge in [-0.3, -0.25) is 9.59 Å². The minimum Gasteiger partial charge on any atom is -0.481 e. The van der Waals surface area contributed by atoms with E-state index in [1.54, 1.807) is 5.38 Å². The summed E-state index contributed by atoms with van der Waals surface area (Å²) in [4.78, 5) is 27.2. The number of carboxylic acids is 1. The molecule has 0 aromatic carbocycles. The van der Waals surface area contributed by atoms with E-state index in [1.165, 1.54) is 11.3 Å². The van der Waals surface area contributed by atoms with Crippen LogP contribution in [0.3, 0.4) is 0 Å². The second-order valence-electron chi connectivity index (χ2n) is 4.83. The molecule has 1 amide bonds. The van der Waals surface area contributed by atoms with Crippen LogP contribution in [0.4, 0.5) is 5.13 Å². The topological polar surface area (TPSA) is 115 Å². The van der Waals surface area contributed by atoms with Crippen molar-refractivity contribution in [3.8, 4) is 0 Å². The Balaban J connectivity index is 1.89. The van der Waals surface area contributed by atoms with Gasteiger partial charge in [0.15, 0.2) is 5.13 Å². The molecule has 1 saturated heterocycles. The molecule has 0 aliphatic carbocycles. The van der Waals surface area contributed by atoms with E-state index in [2.05, 4.69) is 10.3 Å². The number of hydrogen-bond donors (Lipinski definition) is 3. The van der Waals surface area contributed by atoms with E-state index in [1.807, 2.05) is 0 Å². The molecule has 0 spiro atoms. The van der Waals surface area contributed by atoms with E-state index < -0.39 is 11.4 Å². The van der Waals surface area contributed by atoms with Gasteiger partial charge in [0.2, 0.25) is 5.91 Å². The molecule has 0 radical (unpaired) electrons. The molecule has 20 heavy (non-hydrogen) atoms. The number of ether oxygens (including phenoxy) is 1. The van der Waals surface area contributed by atoms with Crippen LogP contribution in [-0.2, 0) is 20.7 Å². The Morgan fingerprint density at radius 1 is 1.50 bits per heavy atom. The first-order chi connectivity index (χ1) is 9.52. The number of amides is 1. The molecule has 110 valence electrons. The molecule has 2 rings (SSSR count). The summed E-state index contributed by atoms with van der Waals surface area (Å²) in [6.07, 6.45) is 0.929. The Morgan fingerprint density at radius 2 is 2.20 bits per heavy atom. The third-order valence-electron chi connectivity index (χ3n) is 3.44. The van der Waals surface area contributed by atoms with Gasteiger partial charge in [-0.05, 0) is 12.8 Å². The second kappa shape index (κ2) is 6.19. The predicted octanol–water partition coefficient (Wildman–Crippen LogP) is 0.265. The zero-order valence-corrected chi connectivity index (χ0v) is 11.7. The van der Waals surface area contributed by atoms with Crippen LogP contribution in [0.5, 0.6) is 0 Å². The van der Waals surface area contributed by atoms with Gasteiger partial charge in [0, 0.05) is 25.1 Å². The molecule has 1 aromatic rings. The van der Waals surface area contributed by atoms with E-state index >= 15 is 0 Å². The number of anilines is 1. The third kappa shape index (κ3) is 3.45. The molecule has 8 heteroatoms. The minimum absolute atomic E-state index is 0.111. The number of carboxylic acid groups (broad SMARTS) is 1. The summed E-state index contributed by atoms with van der Waals surface area (Å²) in [5.41, 5.74) is 5.17. The van der Waals surface area contributed by atoms with Gasteiger partial charge in [0.25, 0.3) is 0 Å². The van der Waals surface area contributed by atoms with Crippen LogP contribution >= 0.6 is 11.3 Å². The van der Waals surface area contributed by atoms with Crippen molar-refractivity contribution in [1.82, 2.24) is 10.3 Å². The predicted molar refractivity (Wildman–Crippen MR) is 73.4 cm³/mol. The van der Waals surface area contributed by atoms with Crippen molar-refractivity contribution < 1.29 is 19.4 Å². The van der Waals surface area contributed by atoms with Crippen LogP contribution in [0.1, 0.15) is 18.5 Å². The van der Waals surface area contributed by atoms with Crippen molar-refractivity contribution in [2.45, 2.75) is 19.3 Å². The van der Waals surface area contributed by atoms with Crippen molar-refractivity contribution in [2.24, 2.45) is 5.41 Å². The summed E-state index contributed by atoms with van der Waals surface area (Å²) in [7, 11) is 0. The van der Waals surface area contributed by atoms with Crippen LogP contribution in [0.25, 0.3) is 0 Å². The zero-order chi connectivity index (χ0) is 14.6. The number of nitrogens with one attached hydrogen (secondary N) is 1. The first-order valence-electron chi connectivity index (χ1n) is 6.29. The van der Waals surface area contributed by atoms with Gasteiger partial charge in [0.05, 0.1) is 17.5 Å². The second-order valence-corrected chi connectivity index (χ2v) is 5.72. The van der Waals surface area contributed by atoms with Crippen LogP contribution in [-0.4, -0.2) is 41.7 Å². The summed E-state index contributed by atoms with van der Waals surface area (Å²) in [6, 6.07) is 0. The van der Waals surface area contributed by atoms with Crippen molar-refractivity contribution in [1.29, 1.82) is 0 Å². The largest absolute Gasteiger partial charge is 0.481 e. The van der Waals surface area contributed by atoms with E-state index in [9.17, 15) is 14.7 Å². The SMILES string of the molecule is Nc1nc(CC(=O)NCC2(C(=O)O)CCOCC2)cs1. The van der Waals surface area contributed by atoms with Crippen LogP contribution in [0, 0.1) is 5.41 Å². The number of aliphatic carboxylic acids is 1. The maximum atomic E-state index is 11.8. The number of hydrogen-bond acceptors (Lipinski definition) is 6. The van der Waals surface area contributed by atoms with Gasteiger partial charge in [-0.15, -0.1) is 11.3 Å². The summed E-state index contributed by atoms with van der Waals surface area (Å²) in [5.74, 6) is -1.14.